The second-order valence-corrected chi connectivity index (χ2v) is 11.5. The monoisotopic (exact) mass is 486 g/mol. The Labute approximate surface area is 199 Å². The molecule has 0 spiro atoms. The maximum atomic E-state index is 12.4. The first-order valence-electron chi connectivity index (χ1n) is 11.4. The Kier molecular flexibility index (Phi) is 7.31. The van der Waals surface area contributed by atoms with E-state index < -0.39 is 9.84 Å². The van der Waals surface area contributed by atoms with Crippen LogP contribution in [-0.4, -0.2) is 69.2 Å². The number of hydrogen-bond acceptors (Lipinski definition) is 7. The Hall–Kier alpha value is -2.49. The van der Waals surface area contributed by atoms with Crippen molar-refractivity contribution in [3.05, 3.63) is 53.6 Å². The summed E-state index contributed by atoms with van der Waals surface area (Å²) in [4.78, 5) is 22.1. The average Bonchev–Trinajstić information content (AvgIpc) is 3.27. The van der Waals surface area contributed by atoms with Gasteiger partial charge < -0.3 is 10.2 Å². The molecule has 1 aliphatic rings. The highest BCUT2D eigenvalue weighted by Gasteiger charge is 2.20. The number of anilines is 1. The van der Waals surface area contributed by atoms with Crippen LogP contribution in [0.2, 0.25) is 0 Å². The molecular formula is C24H30N4O3S2. The highest BCUT2D eigenvalue weighted by molar-refractivity contribution is 7.91. The first kappa shape index (κ1) is 23.7. The summed E-state index contributed by atoms with van der Waals surface area (Å²) in [5.41, 5.74) is 2.88. The smallest absolute Gasteiger partial charge is 0.251 e. The number of nitrogens with zero attached hydrogens (tertiary/aromatic N) is 3. The molecule has 0 unspecified atom stereocenters. The van der Waals surface area contributed by atoms with Crippen LogP contribution in [0, 0.1) is 0 Å². The number of nitrogens with one attached hydrogen (secondary N) is 1. The molecule has 1 aromatic heterocycles. The van der Waals surface area contributed by atoms with E-state index in [1.165, 1.54) is 22.4 Å². The van der Waals surface area contributed by atoms with Gasteiger partial charge in [0.2, 0.25) is 0 Å². The summed E-state index contributed by atoms with van der Waals surface area (Å²) >= 11 is 1.76. The van der Waals surface area contributed by atoms with Gasteiger partial charge in [-0.15, -0.1) is 0 Å². The van der Waals surface area contributed by atoms with Crippen molar-refractivity contribution in [2.24, 2.45) is 0 Å². The van der Waals surface area contributed by atoms with Gasteiger partial charge in [0.25, 0.3) is 5.91 Å². The van der Waals surface area contributed by atoms with Crippen LogP contribution in [0.15, 0.2) is 47.4 Å². The lowest BCUT2D eigenvalue weighted by Crippen LogP contribution is -2.48. The standard InChI is InChI=1S/C24H30N4O3S2/c1-3-18-5-10-21-22(17-18)32-24(26-21)28-15-13-27(14-16-28)12-11-25-23(29)19-6-8-20(9-7-19)33(30,31)4-2/h5-10,17H,3-4,11-16H2,1-2H3,(H,25,29). The molecule has 0 bridgehead atoms. The van der Waals surface area contributed by atoms with Gasteiger partial charge in [0.15, 0.2) is 15.0 Å². The highest BCUT2D eigenvalue weighted by atomic mass is 32.2. The quantitative estimate of drug-likeness (QED) is 0.527. The van der Waals surface area contributed by atoms with Crippen LogP contribution in [0.3, 0.4) is 0 Å². The van der Waals surface area contributed by atoms with Crippen LogP contribution in [0.25, 0.3) is 10.2 Å². The molecule has 4 rings (SSSR count). The molecule has 1 N–H and O–H groups in total. The molecule has 3 aromatic rings. The zero-order chi connectivity index (χ0) is 23.4. The normalized spacial score (nSPS) is 15.2. The molecule has 7 nitrogen and oxygen atoms in total. The number of fused-ring (bicyclic) bond motifs is 1. The number of carbonyl (C=O) groups excluding carboxylic acids is 1. The topological polar surface area (TPSA) is 82.6 Å². The summed E-state index contributed by atoms with van der Waals surface area (Å²) in [6, 6.07) is 12.6. The lowest BCUT2D eigenvalue weighted by Gasteiger charge is -2.34. The lowest BCUT2D eigenvalue weighted by molar-refractivity contribution is 0.0947. The van der Waals surface area contributed by atoms with Gasteiger partial charge in [0, 0.05) is 44.8 Å². The van der Waals surface area contributed by atoms with E-state index in [9.17, 15) is 13.2 Å². The van der Waals surface area contributed by atoms with E-state index >= 15 is 0 Å². The molecule has 1 amide bonds. The minimum Gasteiger partial charge on any atom is -0.351 e. The number of aromatic nitrogens is 1. The van der Waals surface area contributed by atoms with E-state index in [0.29, 0.717) is 12.1 Å². The van der Waals surface area contributed by atoms with E-state index in [2.05, 4.69) is 40.2 Å². The summed E-state index contributed by atoms with van der Waals surface area (Å²) in [7, 11) is -3.25. The van der Waals surface area contributed by atoms with Crippen LogP contribution in [0.4, 0.5) is 5.13 Å². The number of piperazine rings is 1. The van der Waals surface area contributed by atoms with Gasteiger partial charge in [-0.2, -0.15) is 0 Å². The lowest BCUT2D eigenvalue weighted by atomic mass is 10.2. The van der Waals surface area contributed by atoms with Gasteiger partial charge in [-0.1, -0.05) is 31.3 Å². The van der Waals surface area contributed by atoms with Gasteiger partial charge in [-0.05, 0) is 48.4 Å². The van der Waals surface area contributed by atoms with Gasteiger partial charge >= 0.3 is 0 Å². The SMILES string of the molecule is CCc1ccc2nc(N3CCN(CCNC(=O)c4ccc(S(=O)(=O)CC)cc4)CC3)sc2c1. The van der Waals surface area contributed by atoms with Gasteiger partial charge in [0.1, 0.15) is 0 Å². The number of amides is 1. The number of carbonyl (C=O) groups is 1. The second-order valence-electron chi connectivity index (χ2n) is 8.16. The molecule has 176 valence electrons. The summed E-state index contributed by atoms with van der Waals surface area (Å²) < 4.78 is 25.0. The number of rotatable bonds is 8. The molecule has 9 heteroatoms. The second kappa shape index (κ2) is 10.2. The first-order valence-corrected chi connectivity index (χ1v) is 13.8. The highest BCUT2D eigenvalue weighted by Crippen LogP contribution is 2.30. The van der Waals surface area contributed by atoms with Crippen molar-refractivity contribution in [2.45, 2.75) is 25.2 Å². The number of aryl methyl sites for hydroxylation is 1. The van der Waals surface area contributed by atoms with E-state index in [0.717, 1.165) is 49.8 Å². The molecule has 2 heterocycles. The molecule has 0 radical (unpaired) electrons. The van der Waals surface area contributed by atoms with Crippen molar-refractivity contribution in [2.75, 3.05) is 49.9 Å². The molecule has 33 heavy (non-hydrogen) atoms. The van der Waals surface area contributed by atoms with Crippen molar-refractivity contribution in [3.63, 3.8) is 0 Å². The van der Waals surface area contributed by atoms with Crippen molar-refractivity contribution in [1.82, 2.24) is 15.2 Å². The maximum Gasteiger partial charge on any atom is 0.251 e. The van der Waals surface area contributed by atoms with Crippen molar-refractivity contribution in [1.29, 1.82) is 0 Å². The summed E-state index contributed by atoms with van der Waals surface area (Å²) in [6.45, 7) is 8.79. The predicted molar refractivity (Wildman–Crippen MR) is 134 cm³/mol. The zero-order valence-electron chi connectivity index (χ0n) is 19.1. The summed E-state index contributed by atoms with van der Waals surface area (Å²) in [6.07, 6.45) is 1.03. The number of sulfone groups is 1. The number of benzene rings is 2. The molecular weight excluding hydrogens is 456 g/mol. The molecule has 2 aromatic carbocycles. The Bertz CT molecular complexity index is 1210. The number of hydrogen-bond donors (Lipinski definition) is 1. The van der Waals surface area contributed by atoms with E-state index in [-0.39, 0.29) is 16.6 Å². The largest absolute Gasteiger partial charge is 0.351 e. The van der Waals surface area contributed by atoms with Crippen LogP contribution in [0.1, 0.15) is 29.8 Å². The van der Waals surface area contributed by atoms with Gasteiger partial charge in [-0.3, -0.25) is 9.69 Å². The molecule has 1 fully saturated rings. The van der Waals surface area contributed by atoms with E-state index in [4.69, 9.17) is 4.98 Å². The third-order valence-corrected chi connectivity index (χ3v) is 8.89. The van der Waals surface area contributed by atoms with E-state index in [1.54, 1.807) is 30.4 Å². The third-order valence-electron chi connectivity index (χ3n) is 6.06. The van der Waals surface area contributed by atoms with Crippen molar-refractivity contribution >= 4 is 42.4 Å². The minimum atomic E-state index is -3.25. The Morgan fingerprint density at radius 3 is 2.45 bits per heavy atom. The van der Waals surface area contributed by atoms with Crippen molar-refractivity contribution < 1.29 is 13.2 Å². The van der Waals surface area contributed by atoms with Gasteiger partial charge in [-0.25, -0.2) is 13.4 Å². The van der Waals surface area contributed by atoms with Crippen LogP contribution in [0.5, 0.6) is 0 Å². The molecule has 0 saturated carbocycles. The van der Waals surface area contributed by atoms with Crippen LogP contribution < -0.4 is 10.2 Å². The molecule has 0 atom stereocenters. The Morgan fingerprint density at radius 2 is 1.79 bits per heavy atom. The zero-order valence-corrected chi connectivity index (χ0v) is 20.7. The Balaban J connectivity index is 1.24. The fourth-order valence-corrected chi connectivity index (χ4v) is 5.85. The number of thiazole rings is 1. The molecule has 1 saturated heterocycles. The van der Waals surface area contributed by atoms with Crippen LogP contribution >= 0.6 is 11.3 Å². The summed E-state index contributed by atoms with van der Waals surface area (Å²) in [5, 5.41) is 4.02. The maximum absolute atomic E-state index is 12.4. The van der Waals surface area contributed by atoms with E-state index in [1.807, 2.05) is 0 Å². The first-order chi connectivity index (χ1) is 15.9. The molecule has 0 aliphatic carbocycles. The van der Waals surface area contributed by atoms with Crippen LogP contribution in [-0.2, 0) is 16.3 Å². The minimum absolute atomic E-state index is 0.0462. The van der Waals surface area contributed by atoms with Crippen molar-refractivity contribution in [3.8, 4) is 0 Å². The fraction of sp³-hybridized carbons (Fsp3) is 0.417. The Morgan fingerprint density at radius 1 is 1.06 bits per heavy atom. The average molecular weight is 487 g/mol. The summed E-state index contributed by atoms with van der Waals surface area (Å²) in [5.74, 6) is -0.139. The van der Waals surface area contributed by atoms with Gasteiger partial charge in [0.05, 0.1) is 20.9 Å². The molecule has 1 aliphatic heterocycles. The predicted octanol–water partition coefficient (Wildman–Crippen LogP) is 3.20. The fourth-order valence-electron chi connectivity index (χ4n) is 3.88. The third kappa shape index (κ3) is 5.54.